The number of halogens is 1. The first-order chi connectivity index (χ1) is 32.5. The first-order valence-electron chi connectivity index (χ1n) is 21.1. The van der Waals surface area contributed by atoms with E-state index in [2.05, 4.69) is 30.4 Å². The van der Waals surface area contributed by atoms with Gasteiger partial charge in [-0.15, -0.1) is 4.28 Å². The number of esters is 1. The first-order valence-corrected chi connectivity index (χ1v) is 23.6. The fourth-order valence-electron chi connectivity index (χ4n) is 6.93. The molecule has 2 fully saturated rings. The lowest BCUT2D eigenvalue weighted by Crippen LogP contribution is -2.76. The molecule has 368 valence electrons. The van der Waals surface area contributed by atoms with Crippen molar-refractivity contribution in [3.63, 3.8) is 0 Å². The number of hydroxylamine groups is 2. The molecule has 25 heteroatoms. The van der Waals surface area contributed by atoms with E-state index in [1.54, 1.807) is 106 Å². The molecule has 4 aromatic rings. The van der Waals surface area contributed by atoms with E-state index >= 15 is 0 Å². The average Bonchev–Trinajstić information content (AvgIpc) is 3.65. The van der Waals surface area contributed by atoms with Crippen LogP contribution in [0.15, 0.2) is 90.1 Å². The molecule has 2 unspecified atom stereocenters. The maximum atomic E-state index is 14.3. The van der Waals surface area contributed by atoms with Gasteiger partial charge in [0.15, 0.2) is 16.9 Å². The lowest BCUT2D eigenvalue weighted by Gasteiger charge is -2.50. The highest BCUT2D eigenvalue weighted by Gasteiger charge is 2.58. The van der Waals surface area contributed by atoms with Crippen LogP contribution >= 0.6 is 22.9 Å². The summed E-state index contributed by atoms with van der Waals surface area (Å²) in [6.07, 6.45) is -3.58. The van der Waals surface area contributed by atoms with Gasteiger partial charge in [0.25, 0.3) is 17.9 Å². The number of amidine groups is 1. The van der Waals surface area contributed by atoms with Crippen LogP contribution in [0, 0.1) is 5.41 Å². The average molecular weight is 1010 g/mol. The molecule has 3 heterocycles. The number of likely N-dealkylation sites (tertiary alicyclic amines) is 1. The maximum Gasteiger partial charge on any atom is 0.418 e. The van der Waals surface area contributed by atoms with Crippen LogP contribution < -0.4 is 20.7 Å². The Labute approximate surface area is 405 Å². The van der Waals surface area contributed by atoms with E-state index in [0.717, 1.165) is 0 Å². The zero-order chi connectivity index (χ0) is 50.3. The van der Waals surface area contributed by atoms with Gasteiger partial charge in [-0.3, -0.25) is 24.9 Å². The van der Waals surface area contributed by atoms with Gasteiger partial charge in [0.2, 0.25) is 0 Å². The minimum atomic E-state index is -5.14. The molecule has 0 spiro atoms. The highest BCUT2D eigenvalue weighted by Crippen LogP contribution is 2.34. The second-order valence-electron chi connectivity index (χ2n) is 17.0. The number of rotatable bonds is 17. The van der Waals surface area contributed by atoms with Gasteiger partial charge in [0, 0.05) is 24.7 Å². The maximum absolute atomic E-state index is 14.3. The van der Waals surface area contributed by atoms with Gasteiger partial charge >= 0.3 is 28.6 Å². The van der Waals surface area contributed by atoms with Gasteiger partial charge < -0.3 is 39.7 Å². The molecule has 69 heavy (non-hydrogen) atoms. The summed E-state index contributed by atoms with van der Waals surface area (Å²) in [7, 11) is -5.14. The molecule has 2 saturated heterocycles. The molecular formula is C44H49ClN8O14S2. The van der Waals surface area contributed by atoms with Gasteiger partial charge in [0.1, 0.15) is 39.9 Å². The molecule has 2 aliphatic heterocycles. The van der Waals surface area contributed by atoms with Crippen LogP contribution in [0.25, 0.3) is 0 Å². The van der Waals surface area contributed by atoms with Crippen molar-refractivity contribution >= 4 is 80.0 Å². The molecule has 0 radical (unpaired) electrons. The number of hydrogen-bond acceptors (Lipinski definition) is 16. The Bertz CT molecular complexity index is 2640. The normalized spacial score (nSPS) is 16.7. The predicted octanol–water partition coefficient (Wildman–Crippen LogP) is 5.54. The second kappa shape index (κ2) is 21.6. The van der Waals surface area contributed by atoms with E-state index in [-0.39, 0.29) is 32.8 Å². The Hall–Kier alpha value is -6.86. The lowest BCUT2D eigenvalue weighted by atomic mass is 9.84. The van der Waals surface area contributed by atoms with Gasteiger partial charge in [-0.2, -0.15) is 13.5 Å². The number of piperidine rings is 1. The topological polar surface area (TPSA) is 298 Å². The van der Waals surface area contributed by atoms with E-state index in [0.29, 0.717) is 59.0 Å². The Balaban J connectivity index is 1.30. The number of anilines is 1. The monoisotopic (exact) mass is 1010 g/mol. The summed E-state index contributed by atoms with van der Waals surface area (Å²) < 4.78 is 53.8. The van der Waals surface area contributed by atoms with E-state index in [4.69, 9.17) is 36.1 Å². The molecule has 4 amide bonds. The van der Waals surface area contributed by atoms with Gasteiger partial charge in [0.05, 0.1) is 5.54 Å². The Morgan fingerprint density at radius 2 is 1.57 bits per heavy atom. The number of carbonyl (C=O) groups excluding carboxylic acids is 4. The number of ether oxygens (including phenoxy) is 3. The van der Waals surface area contributed by atoms with Crippen molar-refractivity contribution in [1.29, 1.82) is 5.41 Å². The van der Waals surface area contributed by atoms with Crippen LogP contribution in [0.3, 0.4) is 0 Å². The van der Waals surface area contributed by atoms with E-state index in [9.17, 15) is 42.0 Å². The fourth-order valence-corrected chi connectivity index (χ4v) is 8.41. The van der Waals surface area contributed by atoms with Crippen molar-refractivity contribution in [2.45, 2.75) is 82.9 Å². The molecule has 0 aliphatic carbocycles. The van der Waals surface area contributed by atoms with Crippen LogP contribution in [0.2, 0.25) is 4.34 Å². The Morgan fingerprint density at radius 1 is 0.971 bits per heavy atom. The van der Waals surface area contributed by atoms with Crippen molar-refractivity contribution in [2.75, 3.05) is 25.0 Å². The summed E-state index contributed by atoms with van der Waals surface area (Å²) >= 11 is 7.30. The number of hydrogen-bond donors (Lipinski definition) is 6. The molecule has 3 aromatic carbocycles. The molecule has 2 aliphatic rings. The van der Waals surface area contributed by atoms with Gasteiger partial charge in [-0.1, -0.05) is 88.8 Å². The van der Waals surface area contributed by atoms with Crippen molar-refractivity contribution in [2.24, 2.45) is 5.16 Å². The number of benzene rings is 3. The molecule has 0 saturated carbocycles. The second-order valence-corrected chi connectivity index (χ2v) is 19.6. The van der Waals surface area contributed by atoms with E-state index in [1.807, 2.05) is 0 Å². The number of amides is 4. The molecule has 22 nitrogen and oxygen atoms in total. The Morgan fingerprint density at radius 3 is 2.10 bits per heavy atom. The quantitative estimate of drug-likeness (QED) is 0.0189. The predicted molar refractivity (Wildman–Crippen MR) is 249 cm³/mol. The molecule has 2 atom stereocenters. The summed E-state index contributed by atoms with van der Waals surface area (Å²) in [5.74, 6) is -2.96. The number of carbonyl (C=O) groups is 5. The number of nitrogens with one attached hydrogen (secondary N) is 4. The number of oxime groups is 1. The third-order valence-corrected chi connectivity index (χ3v) is 11.9. The van der Waals surface area contributed by atoms with Crippen LogP contribution in [-0.4, -0.2) is 124 Å². The van der Waals surface area contributed by atoms with Crippen LogP contribution in [0.4, 0.5) is 14.7 Å². The number of aromatic nitrogens is 1. The smallest absolute Gasteiger partial charge is 0.418 e. The summed E-state index contributed by atoms with van der Waals surface area (Å²) in [6, 6.07) is 22.3. The van der Waals surface area contributed by atoms with Crippen molar-refractivity contribution < 1.29 is 65.4 Å². The highest BCUT2D eigenvalue weighted by molar-refractivity contribution is 7.80. The van der Waals surface area contributed by atoms with Crippen LogP contribution in [-0.2, 0) is 43.4 Å². The summed E-state index contributed by atoms with van der Waals surface area (Å²) in [5.41, 5.74) is -1.91. The summed E-state index contributed by atoms with van der Waals surface area (Å²) in [5, 5.41) is 30.1. The number of β-lactam (4-membered cyclic amide) rings is 1. The zero-order valence-electron chi connectivity index (χ0n) is 37.7. The van der Waals surface area contributed by atoms with Crippen molar-refractivity contribution in [3.05, 3.63) is 112 Å². The molecule has 6 N–H and O–H groups in total. The number of thiazole rings is 1. The molecule has 6 rings (SSSR count). The summed E-state index contributed by atoms with van der Waals surface area (Å²) in [4.78, 5) is 77.0. The van der Waals surface area contributed by atoms with Crippen LogP contribution in [0.5, 0.6) is 5.75 Å². The van der Waals surface area contributed by atoms with E-state index in [1.165, 1.54) is 18.7 Å². The molecule has 0 bridgehead atoms. The minimum Gasteiger partial charge on any atom is -0.489 e. The van der Waals surface area contributed by atoms with Gasteiger partial charge in [-0.25, -0.2) is 19.4 Å². The zero-order valence-corrected chi connectivity index (χ0v) is 40.1. The third-order valence-electron chi connectivity index (χ3n) is 10.4. The largest absolute Gasteiger partial charge is 0.489 e. The molecular weight excluding hydrogens is 964 g/mol. The Kier molecular flexibility index (Phi) is 16.1. The summed E-state index contributed by atoms with van der Waals surface area (Å²) in [6.45, 7) is 7.64. The number of nitrogens with zero attached hydrogens (tertiary/aromatic N) is 4. The fraction of sp³-hybridized carbons (Fsp3) is 0.364. The standard InChI is InChI=1S/C44H49ClN8O14S2/c1-43(2,3)65-41(57)50-40-48-31(35(45)68-40)32(37(54)49-34-38(55)53(44(34,4)5)67-69(60,61)62)51-66-30(39(56)64-33(25-12-8-6-9-13-25)26-14-10-7-11-15-26)24-63-29-18-16-27(17-19-29)36(46)47-28-20-22-52(23-21-28)42(58)59/h6-19,28,30,33-34H,20-24H2,1-5H3,(H2,46,47)(H,49,54)(H,58,59)(H,48,50,57)(H,60,61,62). The van der Waals surface area contributed by atoms with Crippen LogP contribution in [0.1, 0.15) is 75.9 Å². The van der Waals surface area contributed by atoms with Crippen molar-refractivity contribution in [3.8, 4) is 5.75 Å². The van der Waals surface area contributed by atoms with E-state index < -0.39 is 82.1 Å². The first kappa shape index (κ1) is 51.5. The molecule has 1 aromatic heterocycles. The lowest BCUT2D eigenvalue weighted by molar-refractivity contribution is -0.218. The highest BCUT2D eigenvalue weighted by atomic mass is 35.5. The third kappa shape index (κ3) is 13.7. The minimum absolute atomic E-state index is 0.101. The van der Waals surface area contributed by atoms with Crippen molar-refractivity contribution in [1.82, 2.24) is 25.6 Å². The SMILES string of the molecule is CC(C)(C)OC(=O)Nc1nc(C(=NOC(COc2ccc(C(=N)NC3CCN(C(=O)O)CC3)cc2)C(=O)OC(c2ccccc2)c2ccccc2)C(=O)NC2C(=O)N(OS(=O)(=O)O)C2(C)C)c(Cl)s1. The number of carboxylic acid groups (broad SMARTS) is 1. The van der Waals surface area contributed by atoms with Gasteiger partial charge in [-0.05, 0) is 82.9 Å².